The lowest BCUT2D eigenvalue weighted by molar-refractivity contribution is 0.278. The molecule has 1 N–H and O–H groups in total. The Balaban J connectivity index is 2.07. The van der Waals surface area contributed by atoms with Crippen molar-refractivity contribution in [3.8, 4) is 0 Å². The number of hydrogen-bond acceptors (Lipinski definition) is 2. The zero-order valence-corrected chi connectivity index (χ0v) is 6.29. The molecule has 0 heterocycles. The van der Waals surface area contributed by atoms with E-state index in [2.05, 4.69) is 6.08 Å². The third-order valence-corrected chi connectivity index (χ3v) is 1.94. The van der Waals surface area contributed by atoms with Gasteiger partial charge in [0.05, 0.1) is 13.4 Å². The molecule has 0 spiro atoms. The number of aliphatic hydroxyl groups is 1. The van der Waals surface area contributed by atoms with E-state index in [9.17, 15) is 0 Å². The summed E-state index contributed by atoms with van der Waals surface area (Å²) in [6.07, 6.45) is 5.96. The van der Waals surface area contributed by atoms with E-state index < -0.39 is 0 Å². The van der Waals surface area contributed by atoms with E-state index in [1.54, 1.807) is 13.4 Å². The summed E-state index contributed by atoms with van der Waals surface area (Å²) in [7, 11) is 1.65. The van der Waals surface area contributed by atoms with Crippen molar-refractivity contribution in [3.05, 3.63) is 12.3 Å². The van der Waals surface area contributed by atoms with Crippen molar-refractivity contribution in [1.82, 2.24) is 0 Å². The molecule has 2 heteroatoms. The highest BCUT2D eigenvalue weighted by atomic mass is 16.5. The van der Waals surface area contributed by atoms with Crippen molar-refractivity contribution in [2.45, 2.75) is 12.8 Å². The van der Waals surface area contributed by atoms with Crippen molar-refractivity contribution in [1.29, 1.82) is 0 Å². The minimum absolute atomic E-state index is 0.321. The van der Waals surface area contributed by atoms with Crippen LogP contribution in [0.2, 0.25) is 0 Å². The van der Waals surface area contributed by atoms with Crippen LogP contribution < -0.4 is 0 Å². The van der Waals surface area contributed by atoms with Crippen LogP contribution in [-0.2, 0) is 4.74 Å². The summed E-state index contributed by atoms with van der Waals surface area (Å²) in [6, 6.07) is 0. The highest BCUT2D eigenvalue weighted by molar-refractivity contribution is 4.99. The molecule has 1 saturated carbocycles. The summed E-state index contributed by atoms with van der Waals surface area (Å²) >= 11 is 0. The molecular weight excluding hydrogens is 128 g/mol. The SMILES string of the molecule is CO/C=C/[C@@H]1C[C@H]1CCO. The third-order valence-electron chi connectivity index (χ3n) is 1.94. The topological polar surface area (TPSA) is 29.5 Å². The molecule has 1 aliphatic carbocycles. The van der Waals surface area contributed by atoms with Gasteiger partial charge in [-0.15, -0.1) is 0 Å². The molecular formula is C8H14O2. The van der Waals surface area contributed by atoms with Gasteiger partial charge in [0.25, 0.3) is 0 Å². The number of hydrogen-bond donors (Lipinski definition) is 1. The first-order chi connectivity index (χ1) is 4.88. The smallest absolute Gasteiger partial charge is 0.0787 e. The molecule has 0 bridgehead atoms. The van der Waals surface area contributed by atoms with Gasteiger partial charge in [-0.25, -0.2) is 0 Å². The van der Waals surface area contributed by atoms with Crippen molar-refractivity contribution in [2.75, 3.05) is 13.7 Å². The molecule has 2 nitrogen and oxygen atoms in total. The maximum absolute atomic E-state index is 8.56. The van der Waals surface area contributed by atoms with Crippen LogP contribution in [0, 0.1) is 11.8 Å². The van der Waals surface area contributed by atoms with Gasteiger partial charge in [0, 0.05) is 6.61 Å². The highest BCUT2D eigenvalue weighted by Gasteiger charge is 2.33. The van der Waals surface area contributed by atoms with E-state index in [1.165, 1.54) is 6.42 Å². The van der Waals surface area contributed by atoms with E-state index in [4.69, 9.17) is 9.84 Å². The standard InChI is InChI=1S/C8H14O2/c1-10-5-3-8-6-7(8)2-4-9/h3,5,7-9H,2,4,6H2,1H3/b5-3+/t7-,8-/m1/s1. The second kappa shape index (κ2) is 3.62. The van der Waals surface area contributed by atoms with E-state index in [-0.39, 0.29) is 0 Å². The Hall–Kier alpha value is -0.500. The van der Waals surface area contributed by atoms with Gasteiger partial charge in [-0.2, -0.15) is 0 Å². The van der Waals surface area contributed by atoms with Crippen LogP contribution >= 0.6 is 0 Å². The lowest BCUT2D eigenvalue weighted by Gasteiger charge is -1.89. The first-order valence-electron chi connectivity index (χ1n) is 3.68. The minimum atomic E-state index is 0.321. The molecule has 10 heavy (non-hydrogen) atoms. The lowest BCUT2D eigenvalue weighted by Crippen LogP contribution is -1.85. The van der Waals surface area contributed by atoms with Crippen LogP contribution in [0.15, 0.2) is 12.3 Å². The zero-order chi connectivity index (χ0) is 7.40. The number of rotatable bonds is 4. The number of ether oxygens (including phenoxy) is 1. The van der Waals surface area contributed by atoms with Crippen LogP contribution in [0.1, 0.15) is 12.8 Å². The maximum Gasteiger partial charge on any atom is 0.0787 e. The molecule has 0 aromatic rings. The summed E-state index contributed by atoms with van der Waals surface area (Å²) in [5, 5.41) is 8.56. The number of aliphatic hydroxyl groups excluding tert-OH is 1. The second-order valence-corrected chi connectivity index (χ2v) is 2.74. The summed E-state index contributed by atoms with van der Waals surface area (Å²) in [5.41, 5.74) is 0. The van der Waals surface area contributed by atoms with Crippen molar-refractivity contribution in [2.24, 2.45) is 11.8 Å². The largest absolute Gasteiger partial charge is 0.505 e. The van der Waals surface area contributed by atoms with Crippen LogP contribution in [0.25, 0.3) is 0 Å². The lowest BCUT2D eigenvalue weighted by atomic mass is 10.2. The normalized spacial score (nSPS) is 31.0. The molecule has 0 unspecified atom stereocenters. The Morgan fingerprint density at radius 2 is 2.50 bits per heavy atom. The fraction of sp³-hybridized carbons (Fsp3) is 0.750. The average Bonchev–Trinajstić information content (AvgIpc) is 2.65. The summed E-state index contributed by atoms with van der Waals surface area (Å²) in [6.45, 7) is 0.321. The van der Waals surface area contributed by atoms with Gasteiger partial charge < -0.3 is 9.84 Å². The zero-order valence-electron chi connectivity index (χ0n) is 6.29. The Morgan fingerprint density at radius 1 is 1.70 bits per heavy atom. The van der Waals surface area contributed by atoms with Crippen molar-refractivity contribution >= 4 is 0 Å². The van der Waals surface area contributed by atoms with E-state index in [0.29, 0.717) is 12.5 Å². The summed E-state index contributed by atoms with van der Waals surface area (Å²) in [5.74, 6) is 1.39. The van der Waals surface area contributed by atoms with Crippen LogP contribution in [0.5, 0.6) is 0 Å². The quantitative estimate of drug-likeness (QED) is 0.597. The van der Waals surface area contributed by atoms with Gasteiger partial charge in [-0.1, -0.05) is 0 Å². The molecule has 0 amide bonds. The van der Waals surface area contributed by atoms with E-state index in [0.717, 1.165) is 12.3 Å². The number of allylic oxidation sites excluding steroid dienone is 1. The van der Waals surface area contributed by atoms with Gasteiger partial charge in [0.15, 0.2) is 0 Å². The monoisotopic (exact) mass is 142 g/mol. The molecule has 1 fully saturated rings. The maximum atomic E-state index is 8.56. The minimum Gasteiger partial charge on any atom is -0.505 e. The van der Waals surface area contributed by atoms with E-state index in [1.807, 2.05) is 0 Å². The van der Waals surface area contributed by atoms with Gasteiger partial charge in [0.1, 0.15) is 0 Å². The molecule has 0 aliphatic heterocycles. The Morgan fingerprint density at radius 3 is 3.10 bits per heavy atom. The molecule has 1 rings (SSSR count). The molecule has 1 aliphatic rings. The van der Waals surface area contributed by atoms with Crippen molar-refractivity contribution in [3.63, 3.8) is 0 Å². The van der Waals surface area contributed by atoms with Crippen LogP contribution in [0.3, 0.4) is 0 Å². The summed E-state index contributed by atoms with van der Waals surface area (Å²) in [4.78, 5) is 0. The van der Waals surface area contributed by atoms with Gasteiger partial charge >= 0.3 is 0 Å². The third kappa shape index (κ3) is 2.03. The van der Waals surface area contributed by atoms with Gasteiger partial charge in [-0.05, 0) is 30.8 Å². The Labute approximate surface area is 61.5 Å². The molecule has 0 saturated heterocycles. The first kappa shape index (κ1) is 7.61. The molecule has 58 valence electrons. The predicted octanol–water partition coefficient (Wildman–Crippen LogP) is 1.16. The molecule has 0 aromatic carbocycles. The van der Waals surface area contributed by atoms with E-state index >= 15 is 0 Å². The predicted molar refractivity (Wildman–Crippen MR) is 39.4 cm³/mol. The fourth-order valence-corrected chi connectivity index (χ4v) is 1.18. The fourth-order valence-electron chi connectivity index (χ4n) is 1.18. The van der Waals surface area contributed by atoms with Gasteiger partial charge in [0.2, 0.25) is 0 Å². The Bertz CT molecular complexity index is 120. The summed E-state index contributed by atoms with van der Waals surface area (Å²) < 4.78 is 4.78. The molecule has 2 atom stereocenters. The van der Waals surface area contributed by atoms with Crippen molar-refractivity contribution < 1.29 is 9.84 Å². The Kier molecular flexibility index (Phi) is 2.75. The second-order valence-electron chi connectivity index (χ2n) is 2.74. The number of methoxy groups -OCH3 is 1. The van der Waals surface area contributed by atoms with Crippen LogP contribution in [-0.4, -0.2) is 18.8 Å². The first-order valence-corrected chi connectivity index (χ1v) is 3.68. The van der Waals surface area contributed by atoms with Crippen LogP contribution in [0.4, 0.5) is 0 Å². The van der Waals surface area contributed by atoms with Gasteiger partial charge in [-0.3, -0.25) is 0 Å². The average molecular weight is 142 g/mol. The molecule has 0 aromatic heterocycles. The highest BCUT2D eigenvalue weighted by Crippen LogP contribution is 2.41. The molecule has 0 radical (unpaired) electrons.